The number of hydrogen-bond acceptors (Lipinski definition) is 4. The van der Waals surface area contributed by atoms with Crippen molar-refractivity contribution < 1.29 is 4.79 Å². The Morgan fingerprint density at radius 1 is 0.821 bits per heavy atom. The first-order valence-corrected chi connectivity index (χ1v) is 9.76. The summed E-state index contributed by atoms with van der Waals surface area (Å²) in [6.45, 7) is 2.63. The quantitative estimate of drug-likeness (QED) is 0.638. The van der Waals surface area contributed by atoms with Gasteiger partial charge in [0, 0.05) is 37.3 Å². The highest BCUT2D eigenvalue weighted by Crippen LogP contribution is 2.24. The number of rotatable bonds is 3. The number of amides is 1. The summed E-state index contributed by atoms with van der Waals surface area (Å²) >= 11 is 12.0. The van der Waals surface area contributed by atoms with Gasteiger partial charge in [0.1, 0.15) is 0 Å². The first-order valence-electron chi connectivity index (χ1n) is 9.00. The summed E-state index contributed by atoms with van der Waals surface area (Å²) < 4.78 is 0. The van der Waals surface area contributed by atoms with Crippen molar-refractivity contribution in [3.8, 4) is 11.3 Å². The average molecular weight is 413 g/mol. The van der Waals surface area contributed by atoms with Gasteiger partial charge in [-0.3, -0.25) is 4.79 Å². The van der Waals surface area contributed by atoms with E-state index in [9.17, 15) is 4.79 Å². The van der Waals surface area contributed by atoms with Crippen molar-refractivity contribution in [2.24, 2.45) is 0 Å². The number of carbonyl (C=O) groups is 1. The van der Waals surface area contributed by atoms with E-state index in [1.165, 1.54) is 0 Å². The molecule has 0 spiro atoms. The molecular weight excluding hydrogens is 395 g/mol. The van der Waals surface area contributed by atoms with Crippen molar-refractivity contribution in [3.05, 3.63) is 76.3 Å². The summed E-state index contributed by atoms with van der Waals surface area (Å²) in [5.41, 5.74) is 2.44. The molecule has 1 fully saturated rings. The van der Waals surface area contributed by atoms with E-state index in [0.29, 0.717) is 41.8 Å². The summed E-state index contributed by atoms with van der Waals surface area (Å²) in [6, 6.07) is 18.9. The van der Waals surface area contributed by atoms with Gasteiger partial charge in [0.2, 0.25) is 0 Å². The molecule has 2 aromatic carbocycles. The first kappa shape index (κ1) is 18.7. The van der Waals surface area contributed by atoms with Crippen LogP contribution in [0.25, 0.3) is 11.3 Å². The summed E-state index contributed by atoms with van der Waals surface area (Å²) in [7, 11) is 0. The molecule has 0 radical (unpaired) electrons. The van der Waals surface area contributed by atoms with E-state index in [1.807, 2.05) is 47.4 Å². The lowest BCUT2D eigenvalue weighted by atomic mass is 10.1. The Labute approximate surface area is 173 Å². The van der Waals surface area contributed by atoms with Crippen LogP contribution in [0.2, 0.25) is 10.0 Å². The number of anilines is 1. The largest absolute Gasteiger partial charge is 0.352 e. The van der Waals surface area contributed by atoms with Crippen molar-refractivity contribution in [1.29, 1.82) is 0 Å². The van der Waals surface area contributed by atoms with Gasteiger partial charge >= 0.3 is 0 Å². The van der Waals surface area contributed by atoms with E-state index in [0.717, 1.165) is 17.1 Å². The number of benzene rings is 2. The van der Waals surface area contributed by atoms with Crippen molar-refractivity contribution in [1.82, 2.24) is 15.1 Å². The lowest BCUT2D eigenvalue weighted by molar-refractivity contribution is 0.0746. The standard InChI is InChI=1S/C21H18Cl2N4O/c22-17-7-6-16(14-18(17)23)21(28)27-12-10-26(11-13-27)20-9-8-19(24-25-20)15-4-2-1-3-5-15/h1-9,14H,10-13H2. The molecule has 0 aliphatic carbocycles. The van der Waals surface area contributed by atoms with Gasteiger partial charge in [0.05, 0.1) is 15.7 Å². The van der Waals surface area contributed by atoms with Crippen LogP contribution in [0, 0.1) is 0 Å². The molecular formula is C21H18Cl2N4O. The van der Waals surface area contributed by atoms with Gasteiger partial charge in [-0.25, -0.2) is 0 Å². The maximum Gasteiger partial charge on any atom is 0.254 e. The van der Waals surface area contributed by atoms with Crippen LogP contribution < -0.4 is 4.90 Å². The summed E-state index contributed by atoms with van der Waals surface area (Å²) in [4.78, 5) is 16.6. The molecule has 0 unspecified atom stereocenters. The highest BCUT2D eigenvalue weighted by molar-refractivity contribution is 6.42. The molecule has 142 valence electrons. The van der Waals surface area contributed by atoms with Gasteiger partial charge in [0.15, 0.2) is 5.82 Å². The maximum atomic E-state index is 12.7. The molecule has 0 bridgehead atoms. The molecule has 1 aromatic heterocycles. The zero-order valence-electron chi connectivity index (χ0n) is 15.1. The van der Waals surface area contributed by atoms with Crippen LogP contribution in [-0.4, -0.2) is 47.2 Å². The molecule has 28 heavy (non-hydrogen) atoms. The average Bonchev–Trinajstić information content (AvgIpc) is 2.76. The number of hydrogen-bond donors (Lipinski definition) is 0. The molecule has 1 aliphatic rings. The van der Waals surface area contributed by atoms with E-state index in [4.69, 9.17) is 23.2 Å². The fourth-order valence-corrected chi connectivity index (χ4v) is 3.51. The third-order valence-electron chi connectivity index (χ3n) is 4.78. The topological polar surface area (TPSA) is 49.3 Å². The lowest BCUT2D eigenvalue weighted by Crippen LogP contribution is -2.49. The van der Waals surface area contributed by atoms with Crippen LogP contribution in [-0.2, 0) is 0 Å². The van der Waals surface area contributed by atoms with Crippen molar-refractivity contribution in [2.45, 2.75) is 0 Å². The molecule has 2 heterocycles. The summed E-state index contributed by atoms with van der Waals surface area (Å²) in [5.74, 6) is 0.782. The number of nitrogens with zero attached hydrogens (tertiary/aromatic N) is 4. The maximum absolute atomic E-state index is 12.7. The number of halogens is 2. The minimum atomic E-state index is -0.0382. The van der Waals surface area contributed by atoms with Gasteiger partial charge < -0.3 is 9.80 Å². The van der Waals surface area contributed by atoms with Crippen LogP contribution in [0.3, 0.4) is 0 Å². The molecule has 5 nitrogen and oxygen atoms in total. The Bertz CT molecular complexity index is 971. The zero-order chi connectivity index (χ0) is 19.5. The second kappa shape index (κ2) is 8.17. The Hall–Kier alpha value is -2.63. The highest BCUT2D eigenvalue weighted by Gasteiger charge is 2.23. The molecule has 0 N–H and O–H groups in total. The molecule has 1 amide bonds. The van der Waals surface area contributed by atoms with E-state index < -0.39 is 0 Å². The Morgan fingerprint density at radius 3 is 2.21 bits per heavy atom. The lowest BCUT2D eigenvalue weighted by Gasteiger charge is -2.35. The number of piperazine rings is 1. The molecule has 7 heteroatoms. The monoisotopic (exact) mass is 412 g/mol. The van der Waals surface area contributed by atoms with Gasteiger partial charge in [-0.15, -0.1) is 10.2 Å². The summed E-state index contributed by atoms with van der Waals surface area (Å²) in [6.07, 6.45) is 0. The Morgan fingerprint density at radius 2 is 1.57 bits per heavy atom. The molecule has 4 rings (SSSR count). The fourth-order valence-electron chi connectivity index (χ4n) is 3.21. The SMILES string of the molecule is O=C(c1ccc(Cl)c(Cl)c1)N1CCN(c2ccc(-c3ccccc3)nn2)CC1. The second-order valence-corrected chi connectivity index (χ2v) is 7.37. The predicted octanol–water partition coefficient (Wildman–Crippen LogP) is 4.41. The molecule has 0 saturated carbocycles. The van der Waals surface area contributed by atoms with Gasteiger partial charge in [-0.1, -0.05) is 53.5 Å². The summed E-state index contributed by atoms with van der Waals surface area (Å²) in [5, 5.41) is 9.55. The normalized spacial score (nSPS) is 14.2. The van der Waals surface area contributed by atoms with Crippen molar-refractivity contribution in [3.63, 3.8) is 0 Å². The predicted molar refractivity (Wildman–Crippen MR) is 112 cm³/mol. The molecule has 3 aromatic rings. The minimum absolute atomic E-state index is 0.0382. The van der Waals surface area contributed by atoms with Crippen LogP contribution in [0.5, 0.6) is 0 Å². The number of aromatic nitrogens is 2. The van der Waals surface area contributed by atoms with E-state index >= 15 is 0 Å². The van der Waals surface area contributed by atoms with E-state index in [-0.39, 0.29) is 5.91 Å². The van der Waals surface area contributed by atoms with Gasteiger partial charge in [0.25, 0.3) is 5.91 Å². The Kier molecular flexibility index (Phi) is 5.46. The fraction of sp³-hybridized carbons (Fsp3) is 0.190. The second-order valence-electron chi connectivity index (χ2n) is 6.55. The van der Waals surface area contributed by atoms with Crippen LogP contribution in [0.4, 0.5) is 5.82 Å². The third kappa shape index (κ3) is 3.96. The minimum Gasteiger partial charge on any atom is -0.352 e. The van der Waals surface area contributed by atoms with Gasteiger partial charge in [-0.2, -0.15) is 0 Å². The van der Waals surface area contributed by atoms with Crippen LogP contribution >= 0.6 is 23.2 Å². The molecule has 0 atom stereocenters. The van der Waals surface area contributed by atoms with Crippen LogP contribution in [0.1, 0.15) is 10.4 Å². The number of carbonyl (C=O) groups excluding carboxylic acids is 1. The van der Waals surface area contributed by atoms with Crippen LogP contribution in [0.15, 0.2) is 60.7 Å². The van der Waals surface area contributed by atoms with Gasteiger partial charge in [-0.05, 0) is 30.3 Å². The highest BCUT2D eigenvalue weighted by atomic mass is 35.5. The smallest absolute Gasteiger partial charge is 0.254 e. The molecule has 1 aliphatic heterocycles. The van der Waals surface area contributed by atoms with Crippen molar-refractivity contribution in [2.75, 3.05) is 31.1 Å². The van der Waals surface area contributed by atoms with E-state index in [2.05, 4.69) is 15.1 Å². The first-order chi connectivity index (χ1) is 13.6. The zero-order valence-corrected chi connectivity index (χ0v) is 16.6. The molecule has 1 saturated heterocycles. The third-order valence-corrected chi connectivity index (χ3v) is 5.52. The Balaban J connectivity index is 1.40. The van der Waals surface area contributed by atoms with E-state index in [1.54, 1.807) is 18.2 Å². The van der Waals surface area contributed by atoms with Crippen molar-refractivity contribution >= 4 is 34.9 Å².